The number of aliphatic hydroxyl groups is 1. The molecule has 0 aromatic carbocycles. The maximum atomic E-state index is 12.0. The fourth-order valence-electron chi connectivity index (χ4n) is 1.98. The second kappa shape index (κ2) is 3.76. The van der Waals surface area contributed by atoms with E-state index in [0.717, 1.165) is 0 Å². The van der Waals surface area contributed by atoms with Crippen LogP contribution in [0.2, 0.25) is 0 Å². The molecule has 0 aromatic heterocycles. The summed E-state index contributed by atoms with van der Waals surface area (Å²) in [6.45, 7) is 7.72. The molecule has 15 heavy (non-hydrogen) atoms. The van der Waals surface area contributed by atoms with Gasteiger partial charge in [-0.05, 0) is 34.1 Å². The smallest absolute Gasteiger partial charge is 0.230 e. The predicted octanol–water partition coefficient (Wildman–Crippen LogP) is 0.988. The number of likely N-dealkylation sites (tertiary alicyclic amines) is 1. The quantitative estimate of drug-likeness (QED) is 0.763. The fraction of sp³-hybridized carbons (Fsp3) is 0.909. The van der Waals surface area contributed by atoms with Crippen molar-refractivity contribution < 1.29 is 14.6 Å². The maximum absolute atomic E-state index is 12.0. The Bertz CT molecular complexity index is 255. The van der Waals surface area contributed by atoms with Crippen LogP contribution in [0.5, 0.6) is 0 Å². The lowest BCUT2D eigenvalue weighted by atomic mass is 9.90. The first-order chi connectivity index (χ1) is 6.70. The molecule has 4 nitrogen and oxygen atoms in total. The van der Waals surface area contributed by atoms with Gasteiger partial charge < -0.3 is 14.7 Å². The standard InChI is InChI=1S/C11H21NO3/c1-10(2,14)8-6-7-12(9(8)13)11(3,4)15-5/h8,14H,6-7H2,1-5H3. The van der Waals surface area contributed by atoms with Crippen molar-refractivity contribution in [2.75, 3.05) is 13.7 Å². The van der Waals surface area contributed by atoms with Gasteiger partial charge in [0, 0.05) is 13.7 Å². The molecular formula is C11H21NO3. The molecule has 0 radical (unpaired) electrons. The van der Waals surface area contributed by atoms with Crippen molar-refractivity contribution in [1.29, 1.82) is 0 Å². The molecule has 0 aliphatic carbocycles. The Hall–Kier alpha value is -0.610. The van der Waals surface area contributed by atoms with Gasteiger partial charge in [-0.2, -0.15) is 0 Å². The van der Waals surface area contributed by atoms with Gasteiger partial charge in [0.2, 0.25) is 5.91 Å². The van der Waals surface area contributed by atoms with Gasteiger partial charge in [-0.3, -0.25) is 4.79 Å². The van der Waals surface area contributed by atoms with Gasteiger partial charge in [0.25, 0.3) is 0 Å². The minimum Gasteiger partial charge on any atom is -0.390 e. The zero-order valence-electron chi connectivity index (χ0n) is 10.2. The molecule has 1 fully saturated rings. The van der Waals surface area contributed by atoms with E-state index in [9.17, 15) is 9.90 Å². The summed E-state index contributed by atoms with van der Waals surface area (Å²) in [5, 5.41) is 9.86. The van der Waals surface area contributed by atoms with E-state index in [1.54, 1.807) is 25.9 Å². The number of carbonyl (C=O) groups excluding carboxylic acids is 1. The van der Waals surface area contributed by atoms with Crippen LogP contribution in [-0.4, -0.2) is 40.9 Å². The highest BCUT2D eigenvalue weighted by Gasteiger charge is 2.45. The van der Waals surface area contributed by atoms with Crippen molar-refractivity contribution in [2.45, 2.75) is 45.4 Å². The van der Waals surface area contributed by atoms with Crippen molar-refractivity contribution in [1.82, 2.24) is 4.90 Å². The fourth-order valence-corrected chi connectivity index (χ4v) is 1.98. The summed E-state index contributed by atoms with van der Waals surface area (Å²) in [5.41, 5.74) is -1.53. The minimum atomic E-state index is -0.949. The molecule has 1 heterocycles. The number of ether oxygens (including phenoxy) is 1. The van der Waals surface area contributed by atoms with Crippen molar-refractivity contribution in [3.63, 3.8) is 0 Å². The van der Waals surface area contributed by atoms with Gasteiger partial charge in [-0.15, -0.1) is 0 Å². The zero-order valence-corrected chi connectivity index (χ0v) is 10.2. The highest BCUT2D eigenvalue weighted by Crippen LogP contribution is 2.32. The SMILES string of the molecule is COC(C)(C)N1CCC(C(C)(C)O)C1=O. The number of rotatable bonds is 3. The third-order valence-corrected chi connectivity index (χ3v) is 3.21. The molecule has 4 heteroatoms. The van der Waals surface area contributed by atoms with Crippen LogP contribution in [0.15, 0.2) is 0 Å². The highest BCUT2D eigenvalue weighted by molar-refractivity contribution is 5.82. The molecule has 1 amide bonds. The predicted molar refractivity (Wildman–Crippen MR) is 57.2 cm³/mol. The molecular weight excluding hydrogens is 194 g/mol. The summed E-state index contributed by atoms with van der Waals surface area (Å²) >= 11 is 0. The molecule has 1 saturated heterocycles. The van der Waals surface area contributed by atoms with Crippen molar-refractivity contribution in [3.05, 3.63) is 0 Å². The Kier molecular flexibility index (Phi) is 3.12. The van der Waals surface area contributed by atoms with Crippen LogP contribution in [0.4, 0.5) is 0 Å². The molecule has 0 spiro atoms. The lowest BCUT2D eigenvalue weighted by molar-refractivity contribution is -0.159. The number of hydrogen-bond acceptors (Lipinski definition) is 3. The minimum absolute atomic E-state index is 0.0191. The van der Waals surface area contributed by atoms with E-state index in [0.29, 0.717) is 13.0 Å². The summed E-state index contributed by atoms with van der Waals surface area (Å²) in [6, 6.07) is 0. The lowest BCUT2D eigenvalue weighted by Crippen LogP contribution is -2.48. The van der Waals surface area contributed by atoms with Crippen LogP contribution in [-0.2, 0) is 9.53 Å². The maximum Gasteiger partial charge on any atom is 0.230 e. The Morgan fingerprint density at radius 2 is 1.93 bits per heavy atom. The largest absolute Gasteiger partial charge is 0.390 e. The number of nitrogens with zero attached hydrogens (tertiary/aromatic N) is 1. The average Bonchev–Trinajstić information content (AvgIpc) is 2.46. The summed E-state index contributed by atoms with van der Waals surface area (Å²) in [7, 11) is 1.59. The van der Waals surface area contributed by atoms with E-state index in [2.05, 4.69) is 0 Å². The van der Waals surface area contributed by atoms with Crippen LogP contribution in [0.3, 0.4) is 0 Å². The number of hydrogen-bond donors (Lipinski definition) is 1. The average molecular weight is 215 g/mol. The Labute approximate surface area is 91.2 Å². The van der Waals surface area contributed by atoms with E-state index >= 15 is 0 Å². The molecule has 1 aliphatic heterocycles. The van der Waals surface area contributed by atoms with E-state index in [1.807, 2.05) is 13.8 Å². The van der Waals surface area contributed by atoms with E-state index < -0.39 is 11.3 Å². The first kappa shape index (κ1) is 12.5. The monoisotopic (exact) mass is 215 g/mol. The molecule has 1 atom stereocenters. The second-order valence-electron chi connectivity index (χ2n) is 5.14. The topological polar surface area (TPSA) is 49.8 Å². The van der Waals surface area contributed by atoms with Crippen molar-refractivity contribution in [2.24, 2.45) is 5.92 Å². The molecule has 88 valence electrons. The van der Waals surface area contributed by atoms with Crippen LogP contribution in [0, 0.1) is 5.92 Å². The van der Waals surface area contributed by atoms with Gasteiger partial charge in [0.05, 0.1) is 11.5 Å². The summed E-state index contributed by atoms with van der Waals surface area (Å²) in [6.07, 6.45) is 0.690. The van der Waals surface area contributed by atoms with Crippen molar-refractivity contribution >= 4 is 5.91 Å². The van der Waals surface area contributed by atoms with Gasteiger partial charge in [0.1, 0.15) is 5.72 Å². The lowest BCUT2D eigenvalue weighted by Gasteiger charge is -2.35. The molecule has 1 aliphatic rings. The summed E-state index contributed by atoms with van der Waals surface area (Å²) < 4.78 is 5.28. The van der Waals surface area contributed by atoms with Gasteiger partial charge in [0.15, 0.2) is 0 Å². The van der Waals surface area contributed by atoms with Crippen LogP contribution in [0.1, 0.15) is 34.1 Å². The second-order valence-corrected chi connectivity index (χ2v) is 5.14. The Morgan fingerprint density at radius 3 is 2.27 bits per heavy atom. The highest BCUT2D eigenvalue weighted by atomic mass is 16.5. The Morgan fingerprint density at radius 1 is 1.40 bits per heavy atom. The normalized spacial score (nSPS) is 23.7. The Balaban J connectivity index is 2.82. The van der Waals surface area contributed by atoms with Crippen molar-refractivity contribution in [3.8, 4) is 0 Å². The third kappa shape index (κ3) is 2.32. The first-order valence-corrected chi connectivity index (χ1v) is 5.29. The van der Waals surface area contributed by atoms with Crippen LogP contribution in [0.25, 0.3) is 0 Å². The van der Waals surface area contributed by atoms with Crippen LogP contribution >= 0.6 is 0 Å². The number of amides is 1. The van der Waals surface area contributed by atoms with E-state index in [4.69, 9.17) is 4.74 Å². The molecule has 1 rings (SSSR count). The summed E-state index contributed by atoms with van der Waals surface area (Å²) in [4.78, 5) is 13.7. The molecule has 1 unspecified atom stereocenters. The van der Waals surface area contributed by atoms with Gasteiger partial charge in [-0.25, -0.2) is 0 Å². The third-order valence-electron chi connectivity index (χ3n) is 3.21. The molecule has 0 saturated carbocycles. The molecule has 0 aromatic rings. The van der Waals surface area contributed by atoms with E-state index in [1.165, 1.54) is 0 Å². The molecule has 1 N–H and O–H groups in total. The number of carbonyl (C=O) groups is 1. The van der Waals surface area contributed by atoms with Gasteiger partial charge in [-0.1, -0.05) is 0 Å². The first-order valence-electron chi connectivity index (χ1n) is 5.29. The van der Waals surface area contributed by atoms with Gasteiger partial charge >= 0.3 is 0 Å². The van der Waals surface area contributed by atoms with Crippen LogP contribution < -0.4 is 0 Å². The zero-order chi connectivity index (χ0) is 11.9. The molecule has 0 bridgehead atoms. The number of methoxy groups -OCH3 is 1. The van der Waals surface area contributed by atoms with E-state index in [-0.39, 0.29) is 11.8 Å². The summed E-state index contributed by atoms with van der Waals surface area (Å²) in [5.74, 6) is -0.332.